The molecule has 108 valence electrons. The van der Waals surface area contributed by atoms with Crippen LogP contribution >= 0.6 is 11.3 Å². The number of nitrogens with one attached hydrogen (secondary N) is 1. The predicted molar refractivity (Wildman–Crippen MR) is 76.9 cm³/mol. The summed E-state index contributed by atoms with van der Waals surface area (Å²) in [6.07, 6.45) is 0.0121. The molecule has 0 aliphatic rings. The van der Waals surface area contributed by atoms with Gasteiger partial charge in [0.05, 0.1) is 6.10 Å². The SMILES string of the molecule is COC(C)CNCc1c(C(=O)O)sc2cccc(F)c12. The van der Waals surface area contributed by atoms with Crippen molar-refractivity contribution in [2.45, 2.75) is 19.6 Å². The van der Waals surface area contributed by atoms with Crippen molar-refractivity contribution in [3.63, 3.8) is 0 Å². The van der Waals surface area contributed by atoms with E-state index in [-0.39, 0.29) is 16.8 Å². The molecule has 2 aromatic rings. The molecule has 0 aliphatic heterocycles. The number of halogens is 1. The van der Waals surface area contributed by atoms with Gasteiger partial charge in [0.25, 0.3) is 0 Å². The molecule has 0 spiro atoms. The second-order valence-corrected chi connectivity index (χ2v) is 5.56. The monoisotopic (exact) mass is 297 g/mol. The van der Waals surface area contributed by atoms with Gasteiger partial charge in [-0.1, -0.05) is 6.07 Å². The molecule has 1 aromatic heterocycles. The van der Waals surface area contributed by atoms with Gasteiger partial charge in [-0.05, 0) is 19.1 Å². The van der Waals surface area contributed by atoms with Crippen molar-refractivity contribution < 1.29 is 19.0 Å². The van der Waals surface area contributed by atoms with Crippen molar-refractivity contribution in [2.24, 2.45) is 0 Å². The summed E-state index contributed by atoms with van der Waals surface area (Å²) in [4.78, 5) is 11.5. The fourth-order valence-electron chi connectivity index (χ4n) is 1.99. The fraction of sp³-hybridized carbons (Fsp3) is 0.357. The Morgan fingerprint density at radius 1 is 1.55 bits per heavy atom. The number of carboxylic acid groups (broad SMARTS) is 1. The molecule has 6 heteroatoms. The highest BCUT2D eigenvalue weighted by molar-refractivity contribution is 7.21. The Balaban J connectivity index is 2.34. The van der Waals surface area contributed by atoms with Crippen LogP contribution in [-0.4, -0.2) is 30.8 Å². The van der Waals surface area contributed by atoms with E-state index in [1.165, 1.54) is 6.07 Å². The first kappa shape index (κ1) is 14.9. The van der Waals surface area contributed by atoms with Crippen molar-refractivity contribution in [3.8, 4) is 0 Å². The van der Waals surface area contributed by atoms with Gasteiger partial charge in [-0.25, -0.2) is 9.18 Å². The molecule has 0 bridgehead atoms. The van der Waals surface area contributed by atoms with Crippen LogP contribution in [0, 0.1) is 5.82 Å². The van der Waals surface area contributed by atoms with Crippen LogP contribution in [0.15, 0.2) is 18.2 Å². The van der Waals surface area contributed by atoms with Crippen LogP contribution in [0.5, 0.6) is 0 Å². The lowest BCUT2D eigenvalue weighted by molar-refractivity contribution is 0.0701. The van der Waals surface area contributed by atoms with Gasteiger partial charge in [-0.15, -0.1) is 11.3 Å². The quantitative estimate of drug-likeness (QED) is 0.861. The zero-order chi connectivity index (χ0) is 14.7. The molecule has 1 aromatic carbocycles. The average molecular weight is 297 g/mol. The molecule has 20 heavy (non-hydrogen) atoms. The van der Waals surface area contributed by atoms with Crippen LogP contribution in [0.4, 0.5) is 4.39 Å². The number of benzene rings is 1. The standard InChI is InChI=1S/C14H16FNO3S/c1-8(19-2)6-16-7-9-12-10(15)4-3-5-11(12)20-13(9)14(17)18/h3-5,8,16H,6-7H2,1-2H3,(H,17,18). The van der Waals surface area contributed by atoms with Gasteiger partial charge >= 0.3 is 5.97 Å². The third-order valence-corrected chi connectivity index (χ3v) is 4.28. The minimum atomic E-state index is -1.03. The van der Waals surface area contributed by atoms with E-state index in [0.29, 0.717) is 28.7 Å². The van der Waals surface area contributed by atoms with Gasteiger partial charge in [-0.3, -0.25) is 0 Å². The van der Waals surface area contributed by atoms with Gasteiger partial charge in [0.2, 0.25) is 0 Å². The van der Waals surface area contributed by atoms with Crippen LogP contribution < -0.4 is 5.32 Å². The topological polar surface area (TPSA) is 58.6 Å². The summed E-state index contributed by atoms with van der Waals surface area (Å²) in [6.45, 7) is 2.77. The highest BCUT2D eigenvalue weighted by Gasteiger charge is 2.19. The molecule has 0 aliphatic carbocycles. The normalized spacial score (nSPS) is 12.8. The second kappa shape index (κ2) is 6.30. The first-order chi connectivity index (χ1) is 9.54. The van der Waals surface area contributed by atoms with E-state index in [1.54, 1.807) is 19.2 Å². The van der Waals surface area contributed by atoms with Gasteiger partial charge in [0.15, 0.2) is 0 Å². The predicted octanol–water partition coefficient (Wildman–Crippen LogP) is 2.86. The van der Waals surface area contributed by atoms with E-state index in [4.69, 9.17) is 4.74 Å². The summed E-state index contributed by atoms with van der Waals surface area (Å²) in [5.74, 6) is -1.41. The van der Waals surface area contributed by atoms with Gasteiger partial charge in [0.1, 0.15) is 10.7 Å². The van der Waals surface area contributed by atoms with Crippen molar-refractivity contribution >= 4 is 27.4 Å². The average Bonchev–Trinajstić information content (AvgIpc) is 2.79. The van der Waals surface area contributed by atoms with E-state index in [0.717, 1.165) is 11.3 Å². The number of carbonyl (C=O) groups is 1. The van der Waals surface area contributed by atoms with E-state index >= 15 is 0 Å². The van der Waals surface area contributed by atoms with Gasteiger partial charge < -0.3 is 15.2 Å². The van der Waals surface area contributed by atoms with Crippen LogP contribution in [0.2, 0.25) is 0 Å². The minimum absolute atomic E-state index is 0.0121. The maximum Gasteiger partial charge on any atom is 0.346 e. The lowest BCUT2D eigenvalue weighted by Crippen LogP contribution is -2.26. The lowest BCUT2D eigenvalue weighted by Gasteiger charge is -2.11. The summed E-state index contributed by atoms with van der Waals surface area (Å²) in [7, 11) is 1.61. The largest absolute Gasteiger partial charge is 0.477 e. The van der Waals surface area contributed by atoms with Crippen LogP contribution in [0.25, 0.3) is 10.1 Å². The number of aromatic carboxylic acids is 1. The molecule has 1 atom stereocenters. The molecule has 2 rings (SSSR count). The Bertz CT molecular complexity index is 626. The third-order valence-electron chi connectivity index (χ3n) is 3.09. The van der Waals surface area contributed by atoms with E-state index < -0.39 is 5.97 Å². The summed E-state index contributed by atoms with van der Waals surface area (Å²) in [5, 5.41) is 12.7. The Morgan fingerprint density at radius 2 is 2.30 bits per heavy atom. The molecule has 0 saturated heterocycles. The molecular weight excluding hydrogens is 281 g/mol. The maximum absolute atomic E-state index is 13.9. The van der Waals surface area contributed by atoms with Crippen LogP contribution in [0.3, 0.4) is 0 Å². The summed E-state index contributed by atoms with van der Waals surface area (Å²) in [5.41, 5.74) is 0.499. The number of methoxy groups -OCH3 is 1. The minimum Gasteiger partial charge on any atom is -0.477 e. The Kier molecular flexibility index (Phi) is 4.69. The number of carboxylic acids is 1. The number of thiophene rings is 1. The van der Waals surface area contributed by atoms with E-state index in [9.17, 15) is 14.3 Å². The smallest absolute Gasteiger partial charge is 0.346 e. The molecule has 1 heterocycles. The fourth-order valence-corrected chi connectivity index (χ4v) is 3.07. The van der Waals surface area contributed by atoms with Gasteiger partial charge in [0, 0.05) is 35.8 Å². The Morgan fingerprint density at radius 3 is 2.95 bits per heavy atom. The van der Waals surface area contributed by atoms with Gasteiger partial charge in [-0.2, -0.15) is 0 Å². The van der Waals surface area contributed by atoms with Crippen LogP contribution in [0.1, 0.15) is 22.2 Å². The number of hydrogen-bond donors (Lipinski definition) is 2. The Labute approximate surface area is 120 Å². The third kappa shape index (κ3) is 2.98. The zero-order valence-corrected chi connectivity index (χ0v) is 12.1. The highest BCUT2D eigenvalue weighted by Crippen LogP contribution is 2.33. The zero-order valence-electron chi connectivity index (χ0n) is 11.3. The first-order valence-corrected chi connectivity index (χ1v) is 7.03. The molecule has 1 unspecified atom stereocenters. The molecule has 0 amide bonds. The molecule has 0 fully saturated rings. The number of rotatable bonds is 6. The number of fused-ring (bicyclic) bond motifs is 1. The lowest BCUT2D eigenvalue weighted by atomic mass is 10.1. The van der Waals surface area contributed by atoms with Crippen LogP contribution in [-0.2, 0) is 11.3 Å². The summed E-state index contributed by atoms with van der Waals surface area (Å²) >= 11 is 1.10. The van der Waals surface area contributed by atoms with Crippen molar-refractivity contribution in [2.75, 3.05) is 13.7 Å². The highest BCUT2D eigenvalue weighted by atomic mass is 32.1. The summed E-state index contributed by atoms with van der Waals surface area (Å²) < 4.78 is 19.7. The summed E-state index contributed by atoms with van der Waals surface area (Å²) in [6, 6.07) is 4.67. The second-order valence-electron chi connectivity index (χ2n) is 4.51. The molecule has 0 saturated carbocycles. The number of ether oxygens (including phenoxy) is 1. The molecular formula is C14H16FNO3S. The van der Waals surface area contributed by atoms with Crippen molar-refractivity contribution in [1.29, 1.82) is 0 Å². The maximum atomic E-state index is 13.9. The first-order valence-electron chi connectivity index (χ1n) is 6.21. The van der Waals surface area contributed by atoms with Crippen molar-refractivity contribution in [1.82, 2.24) is 5.32 Å². The van der Waals surface area contributed by atoms with E-state index in [1.807, 2.05) is 6.92 Å². The number of hydrogen-bond acceptors (Lipinski definition) is 4. The molecule has 4 nitrogen and oxygen atoms in total. The molecule has 0 radical (unpaired) electrons. The molecule has 2 N–H and O–H groups in total. The van der Waals surface area contributed by atoms with E-state index in [2.05, 4.69) is 5.32 Å². The van der Waals surface area contributed by atoms with Crippen molar-refractivity contribution in [3.05, 3.63) is 34.5 Å². The Hall–Kier alpha value is -1.50.